The van der Waals surface area contributed by atoms with Crippen LogP contribution < -0.4 is 10.1 Å². The lowest BCUT2D eigenvalue weighted by molar-refractivity contribution is 0.102. The largest absolute Gasteiger partial charge is 0.495 e. The van der Waals surface area contributed by atoms with Crippen LogP contribution in [0.15, 0.2) is 81.7 Å². The van der Waals surface area contributed by atoms with E-state index in [4.69, 9.17) is 9.15 Å². The molecule has 0 radical (unpaired) electrons. The molecule has 1 amide bonds. The van der Waals surface area contributed by atoms with Gasteiger partial charge in [0.15, 0.2) is 5.58 Å². The van der Waals surface area contributed by atoms with Gasteiger partial charge < -0.3 is 14.5 Å². The van der Waals surface area contributed by atoms with Crippen LogP contribution in [0.2, 0.25) is 0 Å². The SMILES string of the molecule is COc1c(C(=O)Nc2ccc3oc(-c4ccc(C)cc4)nc3c2)cc2ccccc2c1Br. The maximum absolute atomic E-state index is 13.1. The number of nitrogens with one attached hydrogen (secondary N) is 1. The van der Waals surface area contributed by atoms with Crippen LogP contribution in [-0.2, 0) is 0 Å². The Labute approximate surface area is 193 Å². The van der Waals surface area contributed by atoms with Gasteiger partial charge in [-0.05, 0) is 70.0 Å². The Morgan fingerprint density at radius 3 is 2.59 bits per heavy atom. The van der Waals surface area contributed by atoms with Crippen LogP contribution in [-0.4, -0.2) is 18.0 Å². The summed E-state index contributed by atoms with van der Waals surface area (Å²) < 4.78 is 12.2. The molecule has 5 rings (SSSR count). The Kier molecular flexibility index (Phi) is 5.15. The van der Waals surface area contributed by atoms with Gasteiger partial charge in [-0.1, -0.05) is 42.0 Å². The van der Waals surface area contributed by atoms with Crippen molar-refractivity contribution in [1.82, 2.24) is 4.98 Å². The van der Waals surface area contributed by atoms with Crippen LogP contribution in [0.1, 0.15) is 15.9 Å². The second-order valence-corrected chi connectivity index (χ2v) is 8.31. The minimum atomic E-state index is -0.269. The van der Waals surface area contributed by atoms with Crippen molar-refractivity contribution >= 4 is 49.4 Å². The smallest absolute Gasteiger partial charge is 0.259 e. The van der Waals surface area contributed by atoms with E-state index in [0.29, 0.717) is 34.0 Å². The van der Waals surface area contributed by atoms with Crippen molar-refractivity contribution in [3.63, 3.8) is 0 Å². The van der Waals surface area contributed by atoms with E-state index in [1.165, 1.54) is 5.56 Å². The average molecular weight is 487 g/mol. The highest BCUT2D eigenvalue weighted by Crippen LogP contribution is 2.37. The molecule has 0 bridgehead atoms. The summed E-state index contributed by atoms with van der Waals surface area (Å²) in [5, 5.41) is 4.88. The molecule has 1 aromatic heterocycles. The van der Waals surface area contributed by atoms with E-state index in [1.54, 1.807) is 19.2 Å². The summed E-state index contributed by atoms with van der Waals surface area (Å²) in [4.78, 5) is 17.7. The number of benzene rings is 4. The van der Waals surface area contributed by atoms with Crippen molar-refractivity contribution in [3.8, 4) is 17.2 Å². The number of nitrogens with zero attached hydrogens (tertiary/aromatic N) is 1. The van der Waals surface area contributed by atoms with Gasteiger partial charge in [-0.25, -0.2) is 4.98 Å². The third-order valence-corrected chi connectivity index (χ3v) is 6.12. The standard InChI is InChI=1S/C26H19BrN2O3/c1-15-7-9-16(10-8-15)26-29-21-14-18(11-12-22(21)32-26)28-25(30)20-13-17-5-3-4-6-19(17)23(27)24(20)31-2/h3-14H,1-2H3,(H,28,30). The molecule has 0 aliphatic heterocycles. The second-order valence-electron chi connectivity index (χ2n) is 7.51. The minimum absolute atomic E-state index is 0.269. The molecule has 1 N–H and O–H groups in total. The number of carbonyl (C=O) groups excluding carboxylic acids is 1. The van der Waals surface area contributed by atoms with Crippen molar-refractivity contribution in [2.75, 3.05) is 12.4 Å². The summed E-state index contributed by atoms with van der Waals surface area (Å²) in [5.74, 6) is 0.767. The summed E-state index contributed by atoms with van der Waals surface area (Å²) in [6.45, 7) is 2.04. The number of halogens is 1. The maximum atomic E-state index is 13.1. The number of fused-ring (bicyclic) bond motifs is 2. The molecule has 4 aromatic carbocycles. The third kappa shape index (κ3) is 3.63. The molecule has 0 fully saturated rings. The molecule has 0 unspecified atom stereocenters. The lowest BCUT2D eigenvalue weighted by atomic mass is 10.1. The number of aryl methyl sites for hydroxylation is 1. The van der Waals surface area contributed by atoms with E-state index in [0.717, 1.165) is 20.8 Å². The molecule has 32 heavy (non-hydrogen) atoms. The fourth-order valence-corrected chi connectivity index (χ4v) is 4.41. The first-order chi connectivity index (χ1) is 15.5. The lowest BCUT2D eigenvalue weighted by Gasteiger charge is -2.13. The lowest BCUT2D eigenvalue weighted by Crippen LogP contribution is -2.13. The van der Waals surface area contributed by atoms with Crippen molar-refractivity contribution in [2.24, 2.45) is 0 Å². The van der Waals surface area contributed by atoms with Gasteiger partial charge in [0.2, 0.25) is 5.89 Å². The molecule has 0 saturated heterocycles. The van der Waals surface area contributed by atoms with Crippen LogP contribution in [0.4, 0.5) is 5.69 Å². The number of carbonyl (C=O) groups is 1. The first-order valence-corrected chi connectivity index (χ1v) is 10.9. The molecule has 0 spiro atoms. The zero-order chi connectivity index (χ0) is 22.2. The molecule has 0 saturated carbocycles. The van der Waals surface area contributed by atoms with Crippen LogP contribution in [0.3, 0.4) is 0 Å². The summed E-state index contributed by atoms with van der Waals surface area (Å²) in [5.41, 5.74) is 4.47. The topological polar surface area (TPSA) is 64.4 Å². The fourth-order valence-electron chi connectivity index (χ4n) is 3.68. The van der Waals surface area contributed by atoms with Gasteiger partial charge in [0, 0.05) is 11.3 Å². The van der Waals surface area contributed by atoms with E-state index < -0.39 is 0 Å². The van der Waals surface area contributed by atoms with Crippen LogP contribution in [0.5, 0.6) is 5.75 Å². The number of hydrogen-bond donors (Lipinski definition) is 1. The van der Waals surface area contributed by atoms with Crippen molar-refractivity contribution in [1.29, 1.82) is 0 Å². The number of amides is 1. The van der Waals surface area contributed by atoms with Gasteiger partial charge in [0.25, 0.3) is 5.91 Å². The van der Waals surface area contributed by atoms with Crippen molar-refractivity contribution in [2.45, 2.75) is 6.92 Å². The maximum Gasteiger partial charge on any atom is 0.259 e. The van der Waals surface area contributed by atoms with Gasteiger partial charge in [-0.3, -0.25) is 4.79 Å². The molecule has 5 aromatic rings. The zero-order valence-electron chi connectivity index (χ0n) is 17.5. The average Bonchev–Trinajstić information content (AvgIpc) is 3.23. The van der Waals surface area contributed by atoms with E-state index in [9.17, 15) is 4.79 Å². The van der Waals surface area contributed by atoms with E-state index in [2.05, 4.69) is 26.2 Å². The number of anilines is 1. The highest BCUT2D eigenvalue weighted by molar-refractivity contribution is 9.10. The third-order valence-electron chi connectivity index (χ3n) is 5.33. The molecule has 0 atom stereocenters. The van der Waals surface area contributed by atoms with Gasteiger partial charge in [0.05, 0.1) is 17.1 Å². The molecule has 0 aliphatic rings. The van der Waals surface area contributed by atoms with Crippen molar-refractivity contribution < 1.29 is 13.9 Å². The number of aromatic nitrogens is 1. The Morgan fingerprint density at radius 2 is 1.81 bits per heavy atom. The molecule has 6 heteroatoms. The molecule has 5 nitrogen and oxygen atoms in total. The number of ether oxygens (including phenoxy) is 1. The first-order valence-electron chi connectivity index (χ1n) is 10.1. The number of methoxy groups -OCH3 is 1. The van der Waals surface area contributed by atoms with E-state index >= 15 is 0 Å². The normalized spacial score (nSPS) is 11.1. The molecule has 1 heterocycles. The van der Waals surface area contributed by atoms with E-state index in [-0.39, 0.29) is 5.91 Å². The summed E-state index contributed by atoms with van der Waals surface area (Å²) in [6, 6.07) is 23.1. The fraction of sp³-hybridized carbons (Fsp3) is 0.0769. The summed E-state index contributed by atoms with van der Waals surface area (Å²) in [6.07, 6.45) is 0. The highest BCUT2D eigenvalue weighted by Gasteiger charge is 2.19. The van der Waals surface area contributed by atoms with Crippen LogP contribution >= 0.6 is 15.9 Å². The predicted molar refractivity (Wildman–Crippen MR) is 130 cm³/mol. The van der Waals surface area contributed by atoms with Gasteiger partial charge in [0.1, 0.15) is 11.3 Å². The molecular weight excluding hydrogens is 468 g/mol. The van der Waals surface area contributed by atoms with Crippen LogP contribution in [0, 0.1) is 6.92 Å². The highest BCUT2D eigenvalue weighted by atomic mass is 79.9. The van der Waals surface area contributed by atoms with Crippen LogP contribution in [0.25, 0.3) is 33.3 Å². The predicted octanol–water partition coefficient (Wildman–Crippen LogP) is 6.98. The van der Waals surface area contributed by atoms with Gasteiger partial charge >= 0.3 is 0 Å². The second kappa shape index (κ2) is 8.13. The minimum Gasteiger partial charge on any atom is -0.495 e. The Bertz CT molecular complexity index is 1470. The number of rotatable bonds is 4. The van der Waals surface area contributed by atoms with Gasteiger partial charge in [-0.15, -0.1) is 0 Å². The van der Waals surface area contributed by atoms with E-state index in [1.807, 2.05) is 67.6 Å². The molecule has 0 aliphatic carbocycles. The Morgan fingerprint density at radius 1 is 1.03 bits per heavy atom. The zero-order valence-corrected chi connectivity index (χ0v) is 19.1. The molecule has 158 valence electrons. The Hall–Kier alpha value is -3.64. The Balaban J connectivity index is 1.48. The summed E-state index contributed by atoms with van der Waals surface area (Å²) >= 11 is 3.58. The van der Waals surface area contributed by atoms with Gasteiger partial charge in [-0.2, -0.15) is 0 Å². The first kappa shape index (κ1) is 20.3. The molecular formula is C26H19BrN2O3. The number of oxazole rings is 1. The summed E-state index contributed by atoms with van der Waals surface area (Å²) in [7, 11) is 1.56. The quantitative estimate of drug-likeness (QED) is 0.297. The number of hydrogen-bond acceptors (Lipinski definition) is 4. The monoisotopic (exact) mass is 486 g/mol. The van der Waals surface area contributed by atoms with Crippen molar-refractivity contribution in [3.05, 3.63) is 88.4 Å².